The summed E-state index contributed by atoms with van der Waals surface area (Å²) in [6.07, 6.45) is 0. The quantitative estimate of drug-likeness (QED) is 0.650. The largest absolute Gasteiger partial charge is 0.493 e. The van der Waals surface area contributed by atoms with Gasteiger partial charge < -0.3 is 15.0 Å². The number of thiocarbonyl (C=S) groups is 1. The molecule has 0 saturated heterocycles. The van der Waals surface area contributed by atoms with Crippen LogP contribution in [0.5, 0.6) is 5.88 Å². The highest BCUT2D eigenvalue weighted by atomic mass is 32.1. The second kappa shape index (κ2) is 6.87. The third kappa shape index (κ3) is 3.62. The lowest BCUT2D eigenvalue weighted by Crippen LogP contribution is -2.26. The predicted octanol–water partition coefficient (Wildman–Crippen LogP) is 4.37. The van der Waals surface area contributed by atoms with Gasteiger partial charge in [-0.2, -0.15) is 0 Å². The number of aromatic nitrogens is 1. The van der Waals surface area contributed by atoms with Gasteiger partial charge in [0.1, 0.15) is 0 Å². The molecule has 2 N–H and O–H groups in total. The Morgan fingerprint density at radius 2 is 1.95 bits per heavy atom. The van der Waals surface area contributed by atoms with Crippen molar-refractivity contribution in [3.8, 4) is 5.88 Å². The van der Waals surface area contributed by atoms with Crippen LogP contribution in [0, 0.1) is 5.92 Å². The molecule has 0 bridgehead atoms. The number of hydrogen-bond acceptors (Lipinski definition) is 3. The van der Waals surface area contributed by atoms with Crippen LogP contribution in [-0.4, -0.2) is 20.8 Å². The Hall–Kier alpha value is -1.95. The van der Waals surface area contributed by atoms with E-state index >= 15 is 0 Å². The molecule has 0 fully saturated rings. The van der Waals surface area contributed by atoms with E-state index < -0.39 is 0 Å². The van der Waals surface area contributed by atoms with E-state index in [-0.39, 0.29) is 11.9 Å². The van der Waals surface area contributed by atoms with Crippen LogP contribution in [0.25, 0.3) is 10.9 Å². The third-order valence-corrected chi connectivity index (χ3v) is 3.32. The van der Waals surface area contributed by atoms with Gasteiger partial charge in [-0.25, -0.2) is 0 Å². The number of nitrogens with zero attached hydrogens (tertiary/aromatic N) is 3. The molecule has 22 heavy (non-hydrogen) atoms. The van der Waals surface area contributed by atoms with Crippen molar-refractivity contribution >= 4 is 33.9 Å². The van der Waals surface area contributed by atoms with Crippen LogP contribution in [0.1, 0.15) is 27.7 Å². The van der Waals surface area contributed by atoms with Gasteiger partial charge in [0.2, 0.25) is 11.0 Å². The summed E-state index contributed by atoms with van der Waals surface area (Å²) in [6, 6.07) is 7.97. The molecule has 0 amide bonds. The van der Waals surface area contributed by atoms with Gasteiger partial charge in [0.25, 0.3) is 0 Å². The molecule has 6 heteroatoms. The maximum atomic E-state index is 10.5. The Kier molecular flexibility index (Phi) is 5.13. The number of hydrogen-bond donors (Lipinski definition) is 2. The highest BCUT2D eigenvalue weighted by Gasteiger charge is 2.17. The molecule has 5 nitrogen and oxygen atoms in total. The van der Waals surface area contributed by atoms with Crippen molar-refractivity contribution in [3.63, 3.8) is 0 Å². The molecule has 0 unspecified atom stereocenters. The molecule has 1 aromatic heterocycles. The summed E-state index contributed by atoms with van der Waals surface area (Å²) in [4.78, 5) is 0. The minimum absolute atomic E-state index is 0.131. The number of azo groups is 1. The number of rotatable bonds is 4. The van der Waals surface area contributed by atoms with Gasteiger partial charge in [0.15, 0.2) is 5.69 Å². The zero-order valence-corrected chi connectivity index (χ0v) is 14.2. The summed E-state index contributed by atoms with van der Waals surface area (Å²) < 4.78 is 1.87. The summed E-state index contributed by atoms with van der Waals surface area (Å²) in [5, 5.41) is 22.9. The Labute approximate surface area is 136 Å². The number of aromatic hydroxyl groups is 1. The number of para-hydroxylation sites is 1. The lowest BCUT2D eigenvalue weighted by molar-refractivity contribution is 0.401. The maximum Gasteiger partial charge on any atom is 0.220 e. The van der Waals surface area contributed by atoms with Gasteiger partial charge in [-0.1, -0.05) is 32.0 Å². The molecule has 2 rings (SSSR count). The summed E-state index contributed by atoms with van der Waals surface area (Å²) in [6.45, 7) is 8.90. The van der Waals surface area contributed by atoms with E-state index in [2.05, 4.69) is 29.4 Å². The molecule has 0 aliphatic rings. The van der Waals surface area contributed by atoms with Gasteiger partial charge in [-0.15, -0.1) is 10.2 Å². The summed E-state index contributed by atoms with van der Waals surface area (Å²) in [7, 11) is 0. The molecule has 0 saturated carbocycles. The number of nitrogens with one attached hydrogen (secondary N) is 1. The molecule has 1 heterocycles. The van der Waals surface area contributed by atoms with Crippen LogP contribution in [0.15, 0.2) is 34.5 Å². The SMILES string of the molecule is CC(C)Cn1c(O)c(N=NC(=S)NC(C)C)c2ccccc21. The molecule has 0 spiro atoms. The van der Waals surface area contributed by atoms with E-state index in [1.54, 1.807) is 0 Å². The Bertz CT molecular complexity index is 703. The fourth-order valence-corrected chi connectivity index (χ4v) is 2.57. The van der Waals surface area contributed by atoms with Gasteiger partial charge >= 0.3 is 0 Å². The highest BCUT2D eigenvalue weighted by molar-refractivity contribution is 7.80. The van der Waals surface area contributed by atoms with Gasteiger partial charge in [-0.05, 0) is 38.0 Å². The molecule has 118 valence electrons. The number of fused-ring (bicyclic) bond motifs is 1. The first-order chi connectivity index (χ1) is 10.4. The Balaban J connectivity index is 2.43. The zero-order chi connectivity index (χ0) is 16.3. The second-order valence-corrected chi connectivity index (χ2v) is 6.38. The number of benzene rings is 1. The van der Waals surface area contributed by atoms with Crippen LogP contribution in [0.2, 0.25) is 0 Å². The highest BCUT2D eigenvalue weighted by Crippen LogP contribution is 2.39. The average molecular weight is 318 g/mol. The minimum atomic E-state index is 0.131. The van der Waals surface area contributed by atoms with Crippen molar-refractivity contribution in [3.05, 3.63) is 24.3 Å². The monoisotopic (exact) mass is 318 g/mol. The van der Waals surface area contributed by atoms with Crippen LogP contribution in [0.3, 0.4) is 0 Å². The topological polar surface area (TPSA) is 61.9 Å². The van der Waals surface area contributed by atoms with Crippen LogP contribution >= 0.6 is 12.2 Å². The summed E-state index contributed by atoms with van der Waals surface area (Å²) in [5.41, 5.74) is 1.41. The van der Waals surface area contributed by atoms with Gasteiger partial charge in [-0.3, -0.25) is 0 Å². The first-order valence-electron chi connectivity index (χ1n) is 7.42. The molecular formula is C16H22N4OS. The van der Waals surface area contributed by atoms with Crippen LogP contribution in [0.4, 0.5) is 5.69 Å². The Morgan fingerprint density at radius 1 is 1.27 bits per heavy atom. The van der Waals surface area contributed by atoms with Crippen molar-refractivity contribution in [1.29, 1.82) is 0 Å². The van der Waals surface area contributed by atoms with Gasteiger partial charge in [0.05, 0.1) is 5.52 Å². The maximum absolute atomic E-state index is 10.5. The first-order valence-corrected chi connectivity index (χ1v) is 7.83. The van der Waals surface area contributed by atoms with E-state index in [0.717, 1.165) is 17.4 Å². The minimum Gasteiger partial charge on any atom is -0.493 e. The van der Waals surface area contributed by atoms with E-state index in [1.165, 1.54) is 0 Å². The van der Waals surface area contributed by atoms with E-state index in [1.807, 2.05) is 42.7 Å². The van der Waals surface area contributed by atoms with E-state index in [9.17, 15) is 5.11 Å². The summed E-state index contributed by atoms with van der Waals surface area (Å²) >= 11 is 5.11. The van der Waals surface area contributed by atoms with Crippen molar-refractivity contribution in [2.24, 2.45) is 16.1 Å². The lowest BCUT2D eigenvalue weighted by atomic mass is 10.2. The molecule has 2 aromatic rings. The van der Waals surface area contributed by atoms with E-state index in [0.29, 0.717) is 16.7 Å². The third-order valence-electron chi connectivity index (χ3n) is 3.12. The normalized spacial score (nSPS) is 11.9. The van der Waals surface area contributed by atoms with Gasteiger partial charge in [0, 0.05) is 18.0 Å². The predicted molar refractivity (Wildman–Crippen MR) is 93.8 cm³/mol. The molecule has 0 radical (unpaired) electrons. The van der Waals surface area contributed by atoms with Crippen LogP contribution < -0.4 is 5.32 Å². The smallest absolute Gasteiger partial charge is 0.220 e. The zero-order valence-electron chi connectivity index (χ0n) is 13.4. The van der Waals surface area contributed by atoms with Crippen LogP contribution in [-0.2, 0) is 6.54 Å². The first kappa shape index (κ1) is 16.4. The van der Waals surface area contributed by atoms with Crippen molar-refractivity contribution in [2.45, 2.75) is 40.3 Å². The second-order valence-electron chi connectivity index (χ2n) is 6.00. The average Bonchev–Trinajstić information content (AvgIpc) is 2.69. The molecule has 1 aromatic carbocycles. The standard InChI is InChI=1S/C16H22N4OS/c1-10(2)9-20-13-8-6-5-7-12(13)14(15(20)21)18-19-16(22)17-11(3)4/h5-8,10-11,21H,9H2,1-4H3,(H,17,22). The fraction of sp³-hybridized carbons (Fsp3) is 0.438. The lowest BCUT2D eigenvalue weighted by Gasteiger charge is -2.09. The van der Waals surface area contributed by atoms with Crippen molar-refractivity contribution in [1.82, 2.24) is 9.88 Å². The molecule has 0 aliphatic carbocycles. The van der Waals surface area contributed by atoms with E-state index in [4.69, 9.17) is 12.2 Å². The molecule has 0 aliphatic heterocycles. The Morgan fingerprint density at radius 3 is 2.59 bits per heavy atom. The van der Waals surface area contributed by atoms with Crippen molar-refractivity contribution < 1.29 is 5.11 Å². The fourth-order valence-electron chi connectivity index (χ4n) is 2.29. The molecular weight excluding hydrogens is 296 g/mol. The molecule has 0 atom stereocenters. The summed E-state index contributed by atoms with van der Waals surface area (Å²) in [5.74, 6) is 0.543. The van der Waals surface area contributed by atoms with Crippen molar-refractivity contribution in [2.75, 3.05) is 0 Å².